The molecule has 1 aromatic rings. The number of benzene rings is 1. The van der Waals surface area contributed by atoms with E-state index in [-0.39, 0.29) is 30.8 Å². The molecular weight excluding hydrogens is 483 g/mol. The number of rotatable bonds is 8. The van der Waals surface area contributed by atoms with Crippen LogP contribution in [0.1, 0.15) is 24.0 Å². The summed E-state index contributed by atoms with van der Waals surface area (Å²) >= 11 is 3.22. The molecule has 30 heavy (non-hydrogen) atoms. The average Bonchev–Trinajstić information content (AvgIpc) is 2.63. The van der Waals surface area contributed by atoms with Gasteiger partial charge in [-0.05, 0) is 37.1 Å². The van der Waals surface area contributed by atoms with Crippen molar-refractivity contribution in [3.05, 3.63) is 43.4 Å². The average molecular weight is 498 g/mol. The van der Waals surface area contributed by atoms with Crippen LogP contribution in [0.4, 0.5) is 13.2 Å². The van der Waals surface area contributed by atoms with E-state index in [0.29, 0.717) is 10.0 Å². The third kappa shape index (κ3) is 6.34. The Balaban J connectivity index is 2.02. The number of alkyl halides is 3. The van der Waals surface area contributed by atoms with Gasteiger partial charge >= 0.3 is 18.1 Å². The molecule has 0 aromatic heterocycles. The summed E-state index contributed by atoms with van der Waals surface area (Å²) in [6.07, 6.45) is -6.74. The van der Waals surface area contributed by atoms with Gasteiger partial charge < -0.3 is 19.0 Å². The highest BCUT2D eigenvalue weighted by atomic mass is 79.9. The molecule has 0 amide bonds. The van der Waals surface area contributed by atoms with Gasteiger partial charge in [0, 0.05) is 16.5 Å². The van der Waals surface area contributed by atoms with Crippen LogP contribution >= 0.6 is 15.9 Å². The summed E-state index contributed by atoms with van der Waals surface area (Å²) in [4.78, 5) is 37.6. The monoisotopic (exact) mass is 497 g/mol. The number of esters is 2. The van der Waals surface area contributed by atoms with Gasteiger partial charge in [0.1, 0.15) is 5.75 Å². The number of halogens is 4. The molecule has 0 fully saturated rings. The van der Waals surface area contributed by atoms with Crippen molar-refractivity contribution in [1.82, 2.24) is 0 Å². The van der Waals surface area contributed by atoms with Gasteiger partial charge in [-0.2, -0.15) is 13.2 Å². The number of carbonyl (C=O) groups excluding carboxylic acids is 2. The van der Waals surface area contributed by atoms with Gasteiger partial charge in [-0.15, -0.1) is 10.1 Å². The van der Waals surface area contributed by atoms with Crippen LogP contribution in [0.2, 0.25) is 0 Å². The smallest absolute Gasteiger partial charge is 0.430 e. The van der Waals surface area contributed by atoms with Crippen LogP contribution < -0.4 is 4.74 Å². The SMILES string of the molecule is Cc1cc(Br)cc2c1OC(C(F)(F)F)C(C(=O)OCOC(=O)CCCO[N+](=O)[O-])=C2. The minimum atomic E-state index is -4.89. The number of hydrogen-bond donors (Lipinski definition) is 0. The van der Waals surface area contributed by atoms with E-state index in [1.54, 1.807) is 13.0 Å². The van der Waals surface area contributed by atoms with Gasteiger partial charge in [0.15, 0.2) is 0 Å². The molecule has 1 atom stereocenters. The van der Waals surface area contributed by atoms with Crippen LogP contribution in [0.5, 0.6) is 5.75 Å². The number of aryl methyl sites for hydroxylation is 1. The van der Waals surface area contributed by atoms with E-state index >= 15 is 0 Å². The van der Waals surface area contributed by atoms with Gasteiger partial charge in [0.2, 0.25) is 12.9 Å². The maximum atomic E-state index is 13.4. The second kappa shape index (κ2) is 9.78. The lowest BCUT2D eigenvalue weighted by Gasteiger charge is -2.28. The van der Waals surface area contributed by atoms with Crippen molar-refractivity contribution in [1.29, 1.82) is 0 Å². The van der Waals surface area contributed by atoms with Gasteiger partial charge in [-0.25, -0.2) is 4.79 Å². The number of hydrogen-bond acceptors (Lipinski definition) is 8. The lowest BCUT2D eigenvalue weighted by molar-refractivity contribution is -0.757. The van der Waals surface area contributed by atoms with Crippen molar-refractivity contribution in [2.45, 2.75) is 32.0 Å². The Morgan fingerprint density at radius 2 is 2.00 bits per heavy atom. The Hall–Kier alpha value is -2.83. The third-order valence-electron chi connectivity index (χ3n) is 3.76. The first kappa shape index (κ1) is 23.4. The Bertz CT molecular complexity index is 871. The summed E-state index contributed by atoms with van der Waals surface area (Å²) < 4.78 is 55.0. The van der Waals surface area contributed by atoms with Crippen LogP contribution in [0.25, 0.3) is 6.08 Å². The molecule has 0 spiro atoms. The lowest BCUT2D eigenvalue weighted by Crippen LogP contribution is -2.41. The van der Waals surface area contributed by atoms with E-state index < -0.39 is 41.7 Å². The number of fused-ring (bicyclic) bond motifs is 1. The summed E-state index contributed by atoms with van der Waals surface area (Å²) in [6, 6.07) is 3.05. The molecule has 1 aromatic carbocycles. The zero-order valence-electron chi connectivity index (χ0n) is 15.4. The predicted molar refractivity (Wildman–Crippen MR) is 96.6 cm³/mol. The summed E-state index contributed by atoms with van der Waals surface area (Å²) in [6.45, 7) is 0.290. The first-order valence-electron chi connectivity index (χ1n) is 8.34. The highest BCUT2D eigenvalue weighted by molar-refractivity contribution is 9.10. The zero-order chi connectivity index (χ0) is 22.5. The first-order chi connectivity index (χ1) is 14.0. The van der Waals surface area contributed by atoms with Gasteiger partial charge in [0.25, 0.3) is 5.09 Å². The van der Waals surface area contributed by atoms with Crippen molar-refractivity contribution in [3.63, 3.8) is 0 Å². The number of ether oxygens (including phenoxy) is 3. The molecule has 164 valence electrons. The highest BCUT2D eigenvalue weighted by Gasteiger charge is 2.49. The van der Waals surface area contributed by atoms with Crippen LogP contribution in [-0.2, 0) is 23.9 Å². The molecular formula is C17H15BrF3NO8. The second-order valence-electron chi connectivity index (χ2n) is 6.01. The highest BCUT2D eigenvalue weighted by Crippen LogP contribution is 2.40. The summed E-state index contributed by atoms with van der Waals surface area (Å²) in [5.41, 5.74) is -0.118. The van der Waals surface area contributed by atoms with Gasteiger partial charge in [-0.1, -0.05) is 15.9 Å². The Morgan fingerprint density at radius 3 is 2.63 bits per heavy atom. The van der Waals surface area contributed by atoms with Crippen molar-refractivity contribution in [2.24, 2.45) is 0 Å². The maximum absolute atomic E-state index is 13.4. The molecule has 1 heterocycles. The molecule has 1 unspecified atom stereocenters. The van der Waals surface area contributed by atoms with Gasteiger partial charge in [0.05, 0.1) is 12.2 Å². The molecule has 9 nitrogen and oxygen atoms in total. The van der Waals surface area contributed by atoms with Crippen LogP contribution in [0, 0.1) is 17.0 Å². The molecule has 13 heteroatoms. The second-order valence-corrected chi connectivity index (χ2v) is 6.92. The first-order valence-corrected chi connectivity index (χ1v) is 9.13. The molecule has 0 saturated heterocycles. The van der Waals surface area contributed by atoms with Crippen molar-refractivity contribution in [3.8, 4) is 5.75 Å². The summed E-state index contributed by atoms with van der Waals surface area (Å²) in [5.74, 6) is -2.26. The Labute approximate surface area is 175 Å². The van der Waals surface area contributed by atoms with E-state index in [1.807, 2.05) is 0 Å². The quantitative estimate of drug-likeness (QED) is 0.176. The maximum Gasteiger partial charge on any atom is 0.430 e. The van der Waals surface area contributed by atoms with Gasteiger partial charge in [-0.3, -0.25) is 4.79 Å². The van der Waals surface area contributed by atoms with Crippen LogP contribution in [0.3, 0.4) is 0 Å². The fraction of sp³-hybridized carbons (Fsp3) is 0.412. The minimum absolute atomic E-state index is 0.0135. The number of nitrogens with zero attached hydrogens (tertiary/aromatic N) is 1. The molecule has 2 rings (SSSR count). The standard InChI is InChI=1S/C17H15BrF3NO8/c1-9-5-11(18)6-10-7-12(15(17(19,20)21)30-14(9)10)16(24)28-8-27-13(23)3-2-4-29-22(25)26/h5-7,15H,2-4,8H2,1H3. The van der Waals surface area contributed by atoms with Crippen LogP contribution in [-0.4, -0.2) is 42.7 Å². The van der Waals surface area contributed by atoms with Crippen molar-refractivity contribution in [2.75, 3.05) is 13.4 Å². The molecule has 0 N–H and O–H groups in total. The van der Waals surface area contributed by atoms with E-state index in [4.69, 9.17) is 4.74 Å². The molecule has 0 radical (unpaired) electrons. The largest absolute Gasteiger partial charge is 0.475 e. The van der Waals surface area contributed by atoms with E-state index in [1.165, 1.54) is 6.07 Å². The molecule has 0 aliphatic carbocycles. The molecule has 1 aliphatic heterocycles. The molecule has 1 aliphatic rings. The van der Waals surface area contributed by atoms with E-state index in [0.717, 1.165) is 6.08 Å². The third-order valence-corrected chi connectivity index (χ3v) is 4.22. The van der Waals surface area contributed by atoms with Crippen LogP contribution in [0.15, 0.2) is 22.2 Å². The van der Waals surface area contributed by atoms with Crippen molar-refractivity contribution >= 4 is 33.9 Å². The van der Waals surface area contributed by atoms with Crippen molar-refractivity contribution < 1.29 is 46.9 Å². The normalized spacial score (nSPS) is 15.4. The number of carbonyl (C=O) groups is 2. The fourth-order valence-corrected chi connectivity index (χ4v) is 3.11. The summed E-state index contributed by atoms with van der Waals surface area (Å²) in [5, 5.41) is 8.94. The Morgan fingerprint density at radius 1 is 1.30 bits per heavy atom. The van der Waals surface area contributed by atoms with E-state index in [2.05, 4.69) is 30.2 Å². The molecule has 0 saturated carbocycles. The topological polar surface area (TPSA) is 114 Å². The predicted octanol–water partition coefficient (Wildman–Crippen LogP) is 3.50. The van der Waals surface area contributed by atoms with E-state index in [9.17, 15) is 32.9 Å². The minimum Gasteiger partial charge on any atom is -0.475 e. The molecule has 0 bridgehead atoms. The summed E-state index contributed by atoms with van der Waals surface area (Å²) in [7, 11) is 0. The fourth-order valence-electron chi connectivity index (χ4n) is 2.52. The zero-order valence-corrected chi connectivity index (χ0v) is 16.9. The Kier molecular flexibility index (Phi) is 7.65. The lowest BCUT2D eigenvalue weighted by atomic mass is 9.99.